The van der Waals surface area contributed by atoms with Gasteiger partial charge >= 0.3 is 5.97 Å². The number of aromatic nitrogens is 3. The van der Waals surface area contributed by atoms with E-state index in [9.17, 15) is 4.79 Å². The molecule has 0 aliphatic heterocycles. The maximum Gasteiger partial charge on any atom is 0.303 e. The SMILES string of the molecule is Cc1ccc(CCOc2cc3onc(CCC(=O)O)c3cc2Cl)nn1. The summed E-state index contributed by atoms with van der Waals surface area (Å²) in [6, 6.07) is 7.15. The Hall–Kier alpha value is -2.67. The molecule has 0 atom stereocenters. The van der Waals surface area contributed by atoms with Crippen LogP contribution in [0.3, 0.4) is 0 Å². The van der Waals surface area contributed by atoms with Crippen molar-refractivity contribution < 1.29 is 19.2 Å². The average Bonchev–Trinajstić information content (AvgIpc) is 2.96. The van der Waals surface area contributed by atoms with Crippen LogP contribution >= 0.6 is 11.6 Å². The van der Waals surface area contributed by atoms with Crippen LogP contribution in [0.1, 0.15) is 23.5 Å². The van der Waals surface area contributed by atoms with E-state index in [0.717, 1.165) is 11.4 Å². The third-order valence-electron chi connectivity index (χ3n) is 3.64. The third-order valence-corrected chi connectivity index (χ3v) is 3.94. The Morgan fingerprint density at radius 3 is 2.84 bits per heavy atom. The van der Waals surface area contributed by atoms with Gasteiger partial charge in [0.2, 0.25) is 0 Å². The first-order valence-corrected chi connectivity index (χ1v) is 8.12. The van der Waals surface area contributed by atoms with E-state index >= 15 is 0 Å². The molecule has 0 saturated carbocycles. The molecule has 1 aromatic carbocycles. The fraction of sp³-hybridized carbons (Fsp3) is 0.294. The Morgan fingerprint density at radius 2 is 2.12 bits per heavy atom. The maximum absolute atomic E-state index is 10.7. The first-order chi connectivity index (χ1) is 12.0. The summed E-state index contributed by atoms with van der Waals surface area (Å²) in [5.41, 5.74) is 2.77. The Morgan fingerprint density at radius 1 is 1.28 bits per heavy atom. The van der Waals surface area contributed by atoms with Gasteiger partial charge in [0.1, 0.15) is 5.75 Å². The van der Waals surface area contributed by atoms with Crippen molar-refractivity contribution in [2.24, 2.45) is 0 Å². The van der Waals surface area contributed by atoms with Gasteiger partial charge in [-0.2, -0.15) is 10.2 Å². The minimum absolute atomic E-state index is 0.0188. The van der Waals surface area contributed by atoms with Crippen LogP contribution in [0.5, 0.6) is 5.75 Å². The fourth-order valence-corrected chi connectivity index (χ4v) is 2.55. The summed E-state index contributed by atoms with van der Waals surface area (Å²) in [7, 11) is 0. The van der Waals surface area contributed by atoms with Gasteiger partial charge in [-0.3, -0.25) is 4.79 Å². The second kappa shape index (κ2) is 7.48. The van der Waals surface area contributed by atoms with E-state index in [1.165, 1.54) is 0 Å². The molecule has 130 valence electrons. The molecule has 0 radical (unpaired) electrons. The van der Waals surface area contributed by atoms with Crippen LogP contribution in [0.15, 0.2) is 28.8 Å². The van der Waals surface area contributed by atoms with E-state index in [-0.39, 0.29) is 12.8 Å². The zero-order valence-corrected chi connectivity index (χ0v) is 14.3. The lowest BCUT2D eigenvalue weighted by molar-refractivity contribution is -0.136. The number of carboxylic acids is 1. The summed E-state index contributed by atoms with van der Waals surface area (Å²) < 4.78 is 11.0. The molecule has 0 spiro atoms. The van der Waals surface area contributed by atoms with Crippen molar-refractivity contribution in [3.05, 3.63) is 46.4 Å². The summed E-state index contributed by atoms with van der Waals surface area (Å²) in [6.45, 7) is 2.27. The van der Waals surface area contributed by atoms with Crippen molar-refractivity contribution in [1.29, 1.82) is 0 Å². The monoisotopic (exact) mass is 361 g/mol. The van der Waals surface area contributed by atoms with Crippen molar-refractivity contribution in [3.63, 3.8) is 0 Å². The number of benzene rings is 1. The molecule has 0 amide bonds. The van der Waals surface area contributed by atoms with Crippen LogP contribution in [0.25, 0.3) is 11.0 Å². The maximum atomic E-state index is 10.7. The number of rotatable bonds is 7. The number of fused-ring (bicyclic) bond motifs is 1. The van der Waals surface area contributed by atoms with E-state index in [1.54, 1.807) is 12.1 Å². The molecular formula is C17H16ClN3O4. The van der Waals surface area contributed by atoms with Crippen molar-refractivity contribution >= 4 is 28.5 Å². The summed E-state index contributed by atoms with van der Waals surface area (Å²) in [5, 5.41) is 21.9. The van der Waals surface area contributed by atoms with E-state index in [0.29, 0.717) is 40.5 Å². The molecule has 7 nitrogen and oxygen atoms in total. The van der Waals surface area contributed by atoms with Crippen LogP contribution in [0.4, 0.5) is 0 Å². The van der Waals surface area contributed by atoms with E-state index in [1.807, 2.05) is 19.1 Å². The minimum Gasteiger partial charge on any atom is -0.491 e. The van der Waals surface area contributed by atoms with Gasteiger partial charge in [0, 0.05) is 24.3 Å². The standard InChI is InChI=1S/C17H16ClN3O4/c1-10-2-3-11(20-19-10)6-7-24-16-9-15-12(8-13(16)18)14(21-25-15)4-5-17(22)23/h2-3,8-9H,4-7H2,1H3,(H,22,23). The average molecular weight is 362 g/mol. The molecule has 0 aliphatic carbocycles. The van der Waals surface area contributed by atoms with Gasteiger partial charge in [-0.05, 0) is 25.1 Å². The predicted molar refractivity (Wildman–Crippen MR) is 90.9 cm³/mol. The van der Waals surface area contributed by atoms with Crippen LogP contribution in [0, 0.1) is 6.92 Å². The van der Waals surface area contributed by atoms with Crippen LogP contribution in [0.2, 0.25) is 5.02 Å². The molecule has 0 saturated heterocycles. The molecule has 3 rings (SSSR count). The van der Waals surface area contributed by atoms with Gasteiger partial charge < -0.3 is 14.4 Å². The lowest BCUT2D eigenvalue weighted by Gasteiger charge is -2.07. The first-order valence-electron chi connectivity index (χ1n) is 7.74. The highest BCUT2D eigenvalue weighted by atomic mass is 35.5. The number of nitrogens with zero attached hydrogens (tertiary/aromatic N) is 3. The molecule has 0 aliphatic rings. The molecule has 0 unspecified atom stereocenters. The van der Waals surface area contributed by atoms with Crippen LogP contribution < -0.4 is 4.74 Å². The molecule has 8 heteroatoms. The highest BCUT2D eigenvalue weighted by molar-refractivity contribution is 6.32. The van der Waals surface area contributed by atoms with Gasteiger partial charge in [-0.15, -0.1) is 0 Å². The summed E-state index contributed by atoms with van der Waals surface area (Å²) in [6.07, 6.45) is 0.863. The Bertz CT molecular complexity index is 893. The van der Waals surface area contributed by atoms with Gasteiger partial charge in [-0.25, -0.2) is 0 Å². The highest BCUT2D eigenvalue weighted by Crippen LogP contribution is 2.32. The van der Waals surface area contributed by atoms with Crippen molar-refractivity contribution in [2.75, 3.05) is 6.61 Å². The third kappa shape index (κ3) is 4.24. The molecule has 25 heavy (non-hydrogen) atoms. The van der Waals surface area contributed by atoms with E-state index in [4.69, 9.17) is 26.0 Å². The topological polar surface area (TPSA) is 98.3 Å². The zero-order chi connectivity index (χ0) is 17.8. The number of aliphatic carboxylic acids is 1. The smallest absolute Gasteiger partial charge is 0.303 e. The molecule has 2 heterocycles. The molecule has 2 aromatic heterocycles. The lowest BCUT2D eigenvalue weighted by Crippen LogP contribution is -2.04. The number of ether oxygens (including phenoxy) is 1. The van der Waals surface area contributed by atoms with E-state index in [2.05, 4.69) is 15.4 Å². The highest BCUT2D eigenvalue weighted by Gasteiger charge is 2.14. The molecular weight excluding hydrogens is 346 g/mol. The Balaban J connectivity index is 1.68. The van der Waals surface area contributed by atoms with Crippen molar-refractivity contribution in [2.45, 2.75) is 26.2 Å². The van der Waals surface area contributed by atoms with Crippen LogP contribution in [-0.2, 0) is 17.6 Å². The molecule has 1 N–H and O–H groups in total. The summed E-state index contributed by atoms with van der Waals surface area (Å²) in [4.78, 5) is 10.7. The van der Waals surface area contributed by atoms with Gasteiger partial charge in [0.25, 0.3) is 0 Å². The normalized spacial score (nSPS) is 11.0. The number of hydrogen-bond donors (Lipinski definition) is 1. The number of carbonyl (C=O) groups is 1. The molecule has 0 bridgehead atoms. The first kappa shape index (κ1) is 17.2. The largest absolute Gasteiger partial charge is 0.491 e. The van der Waals surface area contributed by atoms with Crippen LogP contribution in [-0.4, -0.2) is 33.0 Å². The predicted octanol–water partition coefficient (Wildman–Crippen LogP) is 3.22. The van der Waals surface area contributed by atoms with Crippen molar-refractivity contribution in [3.8, 4) is 5.75 Å². The van der Waals surface area contributed by atoms with Gasteiger partial charge in [0.15, 0.2) is 5.58 Å². The fourth-order valence-electron chi connectivity index (χ4n) is 2.33. The van der Waals surface area contributed by atoms with Gasteiger partial charge in [0.05, 0.1) is 35.1 Å². The van der Waals surface area contributed by atoms with Crippen molar-refractivity contribution in [1.82, 2.24) is 15.4 Å². The minimum atomic E-state index is -0.888. The Kier molecular flexibility index (Phi) is 5.14. The lowest BCUT2D eigenvalue weighted by atomic mass is 10.1. The summed E-state index contributed by atoms with van der Waals surface area (Å²) in [5.74, 6) is -0.406. The molecule has 3 aromatic rings. The Labute approximate surface area is 148 Å². The number of carboxylic acid groups (broad SMARTS) is 1. The zero-order valence-electron chi connectivity index (χ0n) is 13.5. The number of hydrogen-bond acceptors (Lipinski definition) is 6. The quantitative estimate of drug-likeness (QED) is 0.689. The second-order valence-electron chi connectivity index (χ2n) is 5.57. The number of halogens is 1. The van der Waals surface area contributed by atoms with E-state index < -0.39 is 5.97 Å². The summed E-state index contributed by atoms with van der Waals surface area (Å²) >= 11 is 6.26. The van der Waals surface area contributed by atoms with Gasteiger partial charge in [-0.1, -0.05) is 16.8 Å². The second-order valence-corrected chi connectivity index (χ2v) is 5.97. The number of aryl methyl sites for hydroxylation is 2. The molecule has 0 fully saturated rings.